The fourth-order valence-corrected chi connectivity index (χ4v) is 2.90. The molecule has 0 aromatic heterocycles. The molecule has 0 amide bonds. The highest BCUT2D eigenvalue weighted by Gasteiger charge is 2.01. The van der Waals surface area contributed by atoms with E-state index in [1.807, 2.05) is 37.3 Å². The van der Waals surface area contributed by atoms with Gasteiger partial charge in [-0.1, -0.05) is 74.2 Å². The molecule has 0 radical (unpaired) electrons. The van der Waals surface area contributed by atoms with Gasteiger partial charge in [-0.2, -0.15) is 0 Å². The van der Waals surface area contributed by atoms with E-state index in [-0.39, 0.29) is 0 Å². The molecule has 2 aromatic carbocycles. The number of rotatable bonds is 9. The summed E-state index contributed by atoms with van der Waals surface area (Å²) in [6, 6.07) is 16.6. The van der Waals surface area contributed by atoms with Crippen LogP contribution in [0.5, 0.6) is 5.75 Å². The lowest BCUT2D eigenvalue weighted by atomic mass is 10.0. The highest BCUT2D eigenvalue weighted by Crippen LogP contribution is 2.24. The minimum absolute atomic E-state index is 0.681. The molecular formula is C22H27ClO. The van der Waals surface area contributed by atoms with Crippen molar-refractivity contribution in [3.05, 3.63) is 65.2 Å². The summed E-state index contributed by atoms with van der Waals surface area (Å²) in [6.07, 6.45) is 8.34. The van der Waals surface area contributed by atoms with Crippen molar-refractivity contribution in [3.8, 4) is 5.75 Å². The largest absolute Gasteiger partial charge is 0.494 e. The molecule has 2 heteroatoms. The Morgan fingerprint density at radius 3 is 2.25 bits per heavy atom. The Balaban J connectivity index is 1.96. The van der Waals surface area contributed by atoms with Crippen LogP contribution in [0, 0.1) is 0 Å². The van der Waals surface area contributed by atoms with Crippen molar-refractivity contribution < 1.29 is 4.74 Å². The Hall–Kier alpha value is -1.73. The summed E-state index contributed by atoms with van der Waals surface area (Å²) < 4.78 is 5.46. The number of benzene rings is 2. The van der Waals surface area contributed by atoms with Gasteiger partial charge in [0.2, 0.25) is 0 Å². The SMILES string of the molecule is CCCCCCc1ccc(C(Cl)=Cc2ccc(OCC)cc2)cc1. The van der Waals surface area contributed by atoms with Gasteiger partial charge in [-0.25, -0.2) is 0 Å². The quantitative estimate of drug-likeness (QED) is 0.354. The van der Waals surface area contributed by atoms with Crippen molar-refractivity contribution in [2.45, 2.75) is 46.0 Å². The first-order chi connectivity index (χ1) is 11.7. The first-order valence-corrected chi connectivity index (χ1v) is 9.30. The summed E-state index contributed by atoms with van der Waals surface area (Å²) >= 11 is 6.47. The summed E-state index contributed by atoms with van der Waals surface area (Å²) in [4.78, 5) is 0. The van der Waals surface area contributed by atoms with Crippen LogP contribution in [0.3, 0.4) is 0 Å². The van der Waals surface area contributed by atoms with Gasteiger partial charge in [-0.05, 0) is 54.7 Å². The van der Waals surface area contributed by atoms with Gasteiger partial charge in [0.15, 0.2) is 0 Å². The Kier molecular flexibility index (Phi) is 7.91. The number of unbranched alkanes of at least 4 members (excludes halogenated alkanes) is 3. The van der Waals surface area contributed by atoms with Crippen molar-refractivity contribution in [1.82, 2.24) is 0 Å². The topological polar surface area (TPSA) is 9.23 Å². The molecule has 0 spiro atoms. The third-order valence-electron chi connectivity index (χ3n) is 4.03. The molecule has 0 atom stereocenters. The van der Waals surface area contributed by atoms with Crippen LogP contribution >= 0.6 is 11.6 Å². The molecule has 1 nitrogen and oxygen atoms in total. The number of hydrogen-bond acceptors (Lipinski definition) is 1. The van der Waals surface area contributed by atoms with E-state index in [2.05, 4.69) is 31.2 Å². The summed E-state index contributed by atoms with van der Waals surface area (Å²) in [5, 5.41) is 0.761. The minimum Gasteiger partial charge on any atom is -0.494 e. The average molecular weight is 343 g/mol. The second kappa shape index (κ2) is 10.2. The Bertz CT molecular complexity index is 626. The molecule has 2 rings (SSSR count). The van der Waals surface area contributed by atoms with Crippen LogP contribution in [-0.2, 0) is 6.42 Å². The van der Waals surface area contributed by atoms with Crippen LogP contribution in [-0.4, -0.2) is 6.61 Å². The zero-order chi connectivity index (χ0) is 17.2. The molecule has 0 aliphatic carbocycles. The van der Waals surface area contributed by atoms with Gasteiger partial charge in [0.05, 0.1) is 6.61 Å². The molecule has 24 heavy (non-hydrogen) atoms. The van der Waals surface area contributed by atoms with E-state index in [0.717, 1.165) is 28.3 Å². The maximum absolute atomic E-state index is 6.47. The Morgan fingerprint density at radius 2 is 1.62 bits per heavy atom. The first-order valence-electron chi connectivity index (χ1n) is 8.92. The molecule has 0 saturated carbocycles. The lowest BCUT2D eigenvalue weighted by molar-refractivity contribution is 0.340. The number of hydrogen-bond donors (Lipinski definition) is 0. The smallest absolute Gasteiger partial charge is 0.119 e. The molecule has 128 valence electrons. The fraction of sp³-hybridized carbons (Fsp3) is 0.364. The standard InChI is InChI=1S/C22H27ClO/c1-3-5-6-7-8-18-9-13-20(14-10-18)22(23)17-19-11-15-21(16-12-19)24-4-2/h9-17H,3-8H2,1-2H3. The van der Waals surface area contributed by atoms with Gasteiger partial charge in [-0.15, -0.1) is 0 Å². The summed E-state index contributed by atoms with van der Waals surface area (Å²) in [5.74, 6) is 0.887. The number of ether oxygens (including phenoxy) is 1. The third kappa shape index (κ3) is 6.05. The van der Waals surface area contributed by atoms with Crippen LogP contribution in [0.2, 0.25) is 0 Å². The zero-order valence-corrected chi connectivity index (χ0v) is 15.5. The van der Waals surface area contributed by atoms with E-state index in [1.165, 1.54) is 31.2 Å². The van der Waals surface area contributed by atoms with E-state index >= 15 is 0 Å². The van der Waals surface area contributed by atoms with Gasteiger partial charge in [0, 0.05) is 5.03 Å². The fourth-order valence-electron chi connectivity index (χ4n) is 2.64. The third-order valence-corrected chi connectivity index (χ3v) is 4.36. The highest BCUT2D eigenvalue weighted by atomic mass is 35.5. The zero-order valence-electron chi connectivity index (χ0n) is 14.7. The molecule has 2 aromatic rings. The molecule has 0 heterocycles. The van der Waals surface area contributed by atoms with Crippen LogP contribution in [0.4, 0.5) is 0 Å². The molecule has 0 unspecified atom stereocenters. The van der Waals surface area contributed by atoms with Crippen molar-refractivity contribution in [1.29, 1.82) is 0 Å². The van der Waals surface area contributed by atoms with Gasteiger partial charge < -0.3 is 4.74 Å². The molecule has 0 bridgehead atoms. The molecule has 0 aliphatic rings. The van der Waals surface area contributed by atoms with Gasteiger partial charge in [0.1, 0.15) is 5.75 Å². The lowest BCUT2D eigenvalue weighted by Gasteiger charge is -2.05. The summed E-state index contributed by atoms with van der Waals surface area (Å²) in [5.41, 5.74) is 3.52. The molecular weight excluding hydrogens is 316 g/mol. The maximum Gasteiger partial charge on any atom is 0.119 e. The van der Waals surface area contributed by atoms with Gasteiger partial charge in [0.25, 0.3) is 0 Å². The van der Waals surface area contributed by atoms with Crippen LogP contribution in [0.25, 0.3) is 11.1 Å². The monoisotopic (exact) mass is 342 g/mol. The summed E-state index contributed by atoms with van der Waals surface area (Å²) in [7, 11) is 0. The number of halogens is 1. The normalized spacial score (nSPS) is 11.5. The first kappa shape index (κ1) is 18.6. The van der Waals surface area contributed by atoms with Crippen molar-refractivity contribution in [2.75, 3.05) is 6.61 Å². The van der Waals surface area contributed by atoms with Crippen molar-refractivity contribution in [2.24, 2.45) is 0 Å². The van der Waals surface area contributed by atoms with E-state index < -0.39 is 0 Å². The second-order valence-corrected chi connectivity index (χ2v) is 6.41. The van der Waals surface area contributed by atoms with Gasteiger partial charge in [-0.3, -0.25) is 0 Å². The van der Waals surface area contributed by atoms with E-state index in [0.29, 0.717) is 6.61 Å². The Labute approximate surface area is 151 Å². The van der Waals surface area contributed by atoms with E-state index in [9.17, 15) is 0 Å². The van der Waals surface area contributed by atoms with Crippen molar-refractivity contribution >= 4 is 22.7 Å². The van der Waals surface area contributed by atoms with E-state index in [1.54, 1.807) is 0 Å². The second-order valence-electron chi connectivity index (χ2n) is 6.00. The predicted octanol–water partition coefficient (Wildman–Crippen LogP) is 6.95. The minimum atomic E-state index is 0.681. The van der Waals surface area contributed by atoms with Gasteiger partial charge >= 0.3 is 0 Å². The van der Waals surface area contributed by atoms with E-state index in [4.69, 9.17) is 16.3 Å². The lowest BCUT2D eigenvalue weighted by Crippen LogP contribution is -1.90. The summed E-state index contributed by atoms with van der Waals surface area (Å²) in [6.45, 7) is 4.91. The molecule has 0 saturated heterocycles. The molecule has 0 aliphatic heterocycles. The Morgan fingerprint density at radius 1 is 0.917 bits per heavy atom. The maximum atomic E-state index is 6.47. The van der Waals surface area contributed by atoms with Crippen LogP contribution in [0.1, 0.15) is 56.2 Å². The van der Waals surface area contributed by atoms with Crippen molar-refractivity contribution in [3.63, 3.8) is 0 Å². The van der Waals surface area contributed by atoms with Crippen LogP contribution in [0.15, 0.2) is 48.5 Å². The molecule has 0 N–H and O–H groups in total. The van der Waals surface area contributed by atoms with Crippen LogP contribution < -0.4 is 4.74 Å². The predicted molar refractivity (Wildman–Crippen MR) is 106 cm³/mol. The average Bonchev–Trinajstić information content (AvgIpc) is 2.61. The highest BCUT2D eigenvalue weighted by molar-refractivity contribution is 6.51. The number of aryl methyl sites for hydroxylation is 1. The molecule has 0 fully saturated rings.